The Labute approximate surface area is 119 Å². The maximum absolute atomic E-state index is 11.7. The summed E-state index contributed by atoms with van der Waals surface area (Å²) in [5.41, 5.74) is 5.19. The average molecular weight is 274 g/mol. The number of amides is 1. The molecule has 1 fully saturated rings. The monoisotopic (exact) mass is 274 g/mol. The molecule has 1 aliphatic rings. The molecule has 0 spiro atoms. The van der Waals surface area contributed by atoms with Crippen molar-refractivity contribution in [2.24, 2.45) is 11.7 Å². The van der Waals surface area contributed by atoms with Gasteiger partial charge in [-0.2, -0.15) is 0 Å². The van der Waals surface area contributed by atoms with Gasteiger partial charge in [-0.15, -0.1) is 0 Å². The average Bonchev–Trinajstić information content (AvgIpc) is 2.41. The van der Waals surface area contributed by atoms with Crippen molar-refractivity contribution < 1.29 is 9.53 Å². The van der Waals surface area contributed by atoms with E-state index in [4.69, 9.17) is 10.5 Å². The lowest BCUT2D eigenvalue weighted by atomic mass is 9.97. The number of nitrogens with zero attached hydrogens (tertiary/aromatic N) is 1. The van der Waals surface area contributed by atoms with Crippen LogP contribution in [0, 0.1) is 5.92 Å². The van der Waals surface area contributed by atoms with Crippen LogP contribution in [-0.2, 0) is 4.74 Å². The maximum Gasteiger partial charge on any atom is 0.410 e. The van der Waals surface area contributed by atoms with Gasteiger partial charge in [-0.25, -0.2) is 4.79 Å². The first-order valence-corrected chi connectivity index (χ1v) is 7.60. The van der Waals surface area contributed by atoms with Crippen LogP contribution in [0.15, 0.2) is 0 Å². The summed E-state index contributed by atoms with van der Waals surface area (Å²) in [6, 6.07) is 0. The number of piperidine rings is 1. The normalized spacial score (nSPS) is 15.7. The second kappa shape index (κ2) is 11.1. The fourth-order valence-corrected chi connectivity index (χ4v) is 1.68. The second-order valence-electron chi connectivity index (χ2n) is 5.15. The summed E-state index contributed by atoms with van der Waals surface area (Å²) in [6.07, 6.45) is 1.80. The van der Waals surface area contributed by atoms with E-state index in [9.17, 15) is 4.79 Å². The molecule has 0 aromatic rings. The van der Waals surface area contributed by atoms with Gasteiger partial charge in [-0.1, -0.05) is 27.7 Å². The minimum atomic E-state index is -0.401. The number of ether oxygens (including phenoxy) is 1. The van der Waals surface area contributed by atoms with Gasteiger partial charge in [0.1, 0.15) is 5.60 Å². The number of hydrogen-bond donors (Lipinski definition) is 1. The molecule has 0 saturated carbocycles. The van der Waals surface area contributed by atoms with Crippen LogP contribution in [0.3, 0.4) is 0 Å². The lowest BCUT2D eigenvalue weighted by Crippen LogP contribution is -2.42. The van der Waals surface area contributed by atoms with Crippen molar-refractivity contribution in [2.45, 2.75) is 66.9 Å². The molecule has 19 heavy (non-hydrogen) atoms. The van der Waals surface area contributed by atoms with Gasteiger partial charge >= 0.3 is 6.09 Å². The fourth-order valence-electron chi connectivity index (χ4n) is 1.68. The van der Waals surface area contributed by atoms with Gasteiger partial charge in [-0.05, 0) is 46.1 Å². The van der Waals surface area contributed by atoms with Gasteiger partial charge in [0.05, 0.1) is 0 Å². The first-order valence-electron chi connectivity index (χ1n) is 7.60. The lowest BCUT2D eigenvalue weighted by molar-refractivity contribution is 0.0187. The Bertz CT molecular complexity index is 217. The molecular formula is C15H34N2O2. The summed E-state index contributed by atoms with van der Waals surface area (Å²) in [5, 5.41) is 0. The first kappa shape index (κ1) is 20.5. The third-order valence-corrected chi connectivity index (χ3v) is 2.60. The van der Waals surface area contributed by atoms with Crippen molar-refractivity contribution in [1.82, 2.24) is 4.90 Å². The van der Waals surface area contributed by atoms with Gasteiger partial charge in [0.2, 0.25) is 0 Å². The summed E-state index contributed by atoms with van der Waals surface area (Å²) >= 11 is 0. The van der Waals surface area contributed by atoms with E-state index in [1.807, 2.05) is 48.5 Å². The van der Waals surface area contributed by atoms with Crippen LogP contribution < -0.4 is 5.73 Å². The largest absolute Gasteiger partial charge is 0.444 e. The smallest absolute Gasteiger partial charge is 0.410 e. The lowest BCUT2D eigenvalue weighted by Gasteiger charge is -2.32. The van der Waals surface area contributed by atoms with Crippen molar-refractivity contribution >= 4 is 6.09 Å². The minimum Gasteiger partial charge on any atom is -0.444 e. The van der Waals surface area contributed by atoms with E-state index >= 15 is 0 Å². The first-order chi connectivity index (χ1) is 8.92. The Morgan fingerprint density at radius 2 is 1.58 bits per heavy atom. The van der Waals surface area contributed by atoms with E-state index in [2.05, 4.69) is 0 Å². The van der Waals surface area contributed by atoms with Crippen LogP contribution in [0.1, 0.15) is 61.3 Å². The van der Waals surface area contributed by atoms with Crippen LogP contribution in [0.2, 0.25) is 0 Å². The van der Waals surface area contributed by atoms with E-state index < -0.39 is 5.60 Å². The molecule has 1 saturated heterocycles. The Hall–Kier alpha value is -0.770. The molecule has 4 heteroatoms. The topological polar surface area (TPSA) is 55.6 Å². The molecule has 1 heterocycles. The van der Waals surface area contributed by atoms with Crippen LogP contribution in [-0.4, -0.2) is 36.2 Å². The predicted octanol–water partition coefficient (Wildman–Crippen LogP) is 3.64. The third-order valence-electron chi connectivity index (χ3n) is 2.60. The van der Waals surface area contributed by atoms with E-state index in [1.165, 1.54) is 0 Å². The molecule has 0 aromatic carbocycles. The number of likely N-dealkylation sites (tertiary alicyclic amines) is 1. The van der Waals surface area contributed by atoms with Crippen LogP contribution in [0.5, 0.6) is 0 Å². The number of hydrogen-bond acceptors (Lipinski definition) is 3. The van der Waals surface area contributed by atoms with Crippen LogP contribution in [0.25, 0.3) is 0 Å². The highest BCUT2D eigenvalue weighted by Crippen LogP contribution is 2.18. The third kappa shape index (κ3) is 9.77. The summed E-state index contributed by atoms with van der Waals surface area (Å²) in [6.45, 7) is 15.9. The Balaban J connectivity index is 0. The Morgan fingerprint density at radius 3 is 1.89 bits per heavy atom. The molecule has 0 aromatic heterocycles. The number of rotatable bonds is 1. The predicted molar refractivity (Wildman–Crippen MR) is 82.3 cm³/mol. The Morgan fingerprint density at radius 1 is 1.16 bits per heavy atom. The molecule has 1 amide bonds. The van der Waals surface area contributed by atoms with Gasteiger partial charge in [-0.3, -0.25) is 0 Å². The maximum atomic E-state index is 11.7. The van der Waals surface area contributed by atoms with Gasteiger partial charge in [0.15, 0.2) is 0 Å². The zero-order valence-electron chi connectivity index (χ0n) is 14.0. The summed E-state index contributed by atoms with van der Waals surface area (Å²) in [4.78, 5) is 13.5. The zero-order valence-corrected chi connectivity index (χ0v) is 14.0. The molecule has 0 radical (unpaired) electrons. The summed E-state index contributed by atoms with van der Waals surface area (Å²) in [5.74, 6) is 0.573. The molecule has 2 N–H and O–H groups in total. The standard InChI is InChI=1S/C11H22N2O2.2C2H6/c1-11(2,3)15-10(14)13-6-4-9(8-12)5-7-13;2*1-2/h9H,4-8,12H2,1-3H3;2*1-2H3. The number of nitrogens with two attached hydrogens (primary N) is 1. The molecule has 1 aliphatic heterocycles. The summed E-state index contributed by atoms with van der Waals surface area (Å²) in [7, 11) is 0. The van der Waals surface area contributed by atoms with Crippen molar-refractivity contribution in [2.75, 3.05) is 19.6 Å². The minimum absolute atomic E-state index is 0.196. The van der Waals surface area contributed by atoms with Crippen molar-refractivity contribution in [1.29, 1.82) is 0 Å². The molecule has 4 nitrogen and oxygen atoms in total. The van der Waals surface area contributed by atoms with Crippen molar-refractivity contribution in [3.05, 3.63) is 0 Å². The quantitative estimate of drug-likeness (QED) is 0.794. The number of carbonyl (C=O) groups is 1. The SMILES string of the molecule is CC.CC.CC(C)(C)OC(=O)N1CCC(CN)CC1. The molecule has 0 atom stereocenters. The highest BCUT2D eigenvalue weighted by Gasteiger charge is 2.25. The summed E-state index contributed by atoms with van der Waals surface area (Å²) < 4.78 is 5.30. The van der Waals surface area contributed by atoms with Gasteiger partial charge < -0.3 is 15.4 Å². The van der Waals surface area contributed by atoms with Gasteiger partial charge in [0.25, 0.3) is 0 Å². The molecule has 116 valence electrons. The van der Waals surface area contributed by atoms with Gasteiger partial charge in [0, 0.05) is 13.1 Å². The molecule has 0 bridgehead atoms. The second-order valence-corrected chi connectivity index (χ2v) is 5.15. The van der Waals surface area contributed by atoms with Crippen LogP contribution in [0.4, 0.5) is 4.79 Å². The molecule has 0 aliphatic carbocycles. The van der Waals surface area contributed by atoms with Crippen molar-refractivity contribution in [3.8, 4) is 0 Å². The van der Waals surface area contributed by atoms with E-state index in [1.54, 1.807) is 4.90 Å². The highest BCUT2D eigenvalue weighted by atomic mass is 16.6. The van der Waals surface area contributed by atoms with E-state index in [0.29, 0.717) is 5.92 Å². The number of carbonyl (C=O) groups excluding carboxylic acids is 1. The molecule has 1 rings (SSSR count). The molecule has 0 unspecified atom stereocenters. The van der Waals surface area contributed by atoms with Crippen LogP contribution >= 0.6 is 0 Å². The zero-order chi connectivity index (χ0) is 15.5. The highest BCUT2D eigenvalue weighted by molar-refractivity contribution is 5.68. The van der Waals surface area contributed by atoms with E-state index in [-0.39, 0.29) is 6.09 Å². The van der Waals surface area contributed by atoms with E-state index in [0.717, 1.165) is 32.5 Å². The van der Waals surface area contributed by atoms with Crippen molar-refractivity contribution in [3.63, 3.8) is 0 Å². The Kier molecular flexibility index (Phi) is 12.0. The fraction of sp³-hybridized carbons (Fsp3) is 0.933. The molecular weight excluding hydrogens is 240 g/mol.